The van der Waals surface area contributed by atoms with Gasteiger partial charge in [-0.05, 0) is 44.4 Å². The number of thiazole rings is 1. The van der Waals surface area contributed by atoms with Gasteiger partial charge in [-0.2, -0.15) is 0 Å². The van der Waals surface area contributed by atoms with Gasteiger partial charge in [-0.25, -0.2) is 13.4 Å². The van der Waals surface area contributed by atoms with Crippen molar-refractivity contribution in [1.82, 2.24) is 4.98 Å². The van der Waals surface area contributed by atoms with Crippen LogP contribution in [0.5, 0.6) is 0 Å². The summed E-state index contributed by atoms with van der Waals surface area (Å²) < 4.78 is 27.7. The van der Waals surface area contributed by atoms with Crippen LogP contribution in [0.2, 0.25) is 0 Å². The van der Waals surface area contributed by atoms with Gasteiger partial charge in [0.05, 0.1) is 10.6 Å². The molecule has 0 unspecified atom stereocenters. The summed E-state index contributed by atoms with van der Waals surface area (Å²) in [5.74, 6) is 0. The van der Waals surface area contributed by atoms with E-state index < -0.39 is 10.0 Å². The van der Waals surface area contributed by atoms with Crippen molar-refractivity contribution in [2.24, 2.45) is 0 Å². The Morgan fingerprint density at radius 3 is 2.54 bits per heavy atom. The Bertz CT molecular complexity index is 748. The second-order valence-electron chi connectivity index (χ2n) is 6.08. The van der Waals surface area contributed by atoms with Gasteiger partial charge in [-0.3, -0.25) is 4.72 Å². The van der Waals surface area contributed by atoms with Gasteiger partial charge < -0.3 is 0 Å². The first-order valence-corrected chi connectivity index (χ1v) is 10.8. The van der Waals surface area contributed by atoms with Crippen molar-refractivity contribution in [2.45, 2.75) is 64.2 Å². The third kappa shape index (κ3) is 5.31. The molecule has 24 heavy (non-hydrogen) atoms. The standard InChI is InChI=1S/C18H26N2O2S2/c1-4-5-6-7-8-10-16-11-9-12-17(13-16)24(21,22)20-18-19-14(2)15(3)23-18/h9,11-13H,4-8,10H2,1-3H3,(H,19,20). The summed E-state index contributed by atoms with van der Waals surface area (Å²) in [6, 6.07) is 7.22. The molecule has 1 aromatic carbocycles. The van der Waals surface area contributed by atoms with E-state index in [0.717, 1.165) is 29.0 Å². The minimum Gasteiger partial charge on any atom is -0.255 e. The summed E-state index contributed by atoms with van der Waals surface area (Å²) in [6.45, 7) is 6.01. The van der Waals surface area contributed by atoms with Crippen molar-refractivity contribution >= 4 is 26.5 Å². The number of rotatable bonds is 9. The molecule has 1 aromatic heterocycles. The highest BCUT2D eigenvalue weighted by atomic mass is 32.2. The summed E-state index contributed by atoms with van der Waals surface area (Å²) in [5, 5.41) is 0.426. The third-order valence-electron chi connectivity index (χ3n) is 4.03. The third-order valence-corrected chi connectivity index (χ3v) is 6.48. The molecule has 1 heterocycles. The summed E-state index contributed by atoms with van der Waals surface area (Å²) in [6.07, 6.45) is 6.96. The molecule has 1 N–H and O–H groups in total. The van der Waals surface area contributed by atoms with Gasteiger partial charge in [0, 0.05) is 4.88 Å². The molecule has 0 bridgehead atoms. The Morgan fingerprint density at radius 1 is 1.12 bits per heavy atom. The molecule has 4 nitrogen and oxygen atoms in total. The van der Waals surface area contributed by atoms with E-state index in [1.165, 1.54) is 37.0 Å². The average molecular weight is 367 g/mol. The average Bonchev–Trinajstić information content (AvgIpc) is 2.84. The molecular weight excluding hydrogens is 340 g/mol. The highest BCUT2D eigenvalue weighted by Gasteiger charge is 2.17. The van der Waals surface area contributed by atoms with Crippen molar-refractivity contribution in [3.8, 4) is 0 Å². The van der Waals surface area contributed by atoms with Gasteiger partial charge in [0.15, 0.2) is 5.13 Å². The van der Waals surface area contributed by atoms with E-state index in [9.17, 15) is 8.42 Å². The van der Waals surface area contributed by atoms with Crippen molar-refractivity contribution in [3.05, 3.63) is 40.4 Å². The molecule has 0 aliphatic rings. The molecule has 0 aliphatic heterocycles. The maximum atomic E-state index is 12.5. The number of aryl methyl sites for hydroxylation is 3. The fourth-order valence-corrected chi connectivity index (χ4v) is 4.61. The first kappa shape index (κ1) is 18.9. The zero-order valence-corrected chi connectivity index (χ0v) is 16.3. The van der Waals surface area contributed by atoms with Crippen molar-refractivity contribution < 1.29 is 8.42 Å². The van der Waals surface area contributed by atoms with Crippen molar-refractivity contribution in [1.29, 1.82) is 0 Å². The molecule has 0 amide bonds. The maximum Gasteiger partial charge on any atom is 0.263 e. The normalized spacial score (nSPS) is 11.6. The Kier molecular flexibility index (Phi) is 6.80. The lowest BCUT2D eigenvalue weighted by molar-refractivity contribution is 0.600. The van der Waals surface area contributed by atoms with Gasteiger partial charge in [0.25, 0.3) is 10.0 Å². The van der Waals surface area contributed by atoms with Crippen molar-refractivity contribution in [2.75, 3.05) is 4.72 Å². The zero-order chi connectivity index (χ0) is 17.6. The Hall–Kier alpha value is -1.40. The fourth-order valence-electron chi connectivity index (χ4n) is 2.49. The monoisotopic (exact) mass is 366 g/mol. The van der Waals surface area contributed by atoms with Gasteiger partial charge in [-0.15, -0.1) is 11.3 Å². The number of nitrogens with zero attached hydrogens (tertiary/aromatic N) is 1. The predicted octanol–water partition coefficient (Wildman–Crippen LogP) is 5.07. The largest absolute Gasteiger partial charge is 0.263 e. The van der Waals surface area contributed by atoms with Crippen LogP contribution in [0.4, 0.5) is 5.13 Å². The molecule has 2 rings (SSSR count). The lowest BCUT2D eigenvalue weighted by Gasteiger charge is -2.07. The molecular formula is C18H26N2O2S2. The number of aromatic nitrogens is 1. The van der Waals surface area contributed by atoms with E-state index in [4.69, 9.17) is 0 Å². The molecule has 0 saturated carbocycles. The molecule has 0 saturated heterocycles. The first-order chi connectivity index (χ1) is 11.4. The van der Waals surface area contributed by atoms with Crippen molar-refractivity contribution in [3.63, 3.8) is 0 Å². The van der Waals surface area contributed by atoms with E-state index in [0.29, 0.717) is 10.0 Å². The molecule has 0 atom stereocenters. The quantitative estimate of drug-likeness (QED) is 0.630. The first-order valence-electron chi connectivity index (χ1n) is 8.48. The number of hydrogen-bond acceptors (Lipinski definition) is 4. The van der Waals surface area contributed by atoms with Crippen LogP contribution in [0, 0.1) is 13.8 Å². The maximum absolute atomic E-state index is 12.5. The summed E-state index contributed by atoms with van der Waals surface area (Å²) in [5.41, 5.74) is 1.93. The Balaban J connectivity index is 2.03. The van der Waals surface area contributed by atoms with Gasteiger partial charge in [-0.1, -0.05) is 44.7 Å². The Labute approximate surface area is 149 Å². The van der Waals surface area contributed by atoms with E-state index in [2.05, 4.69) is 16.6 Å². The molecule has 132 valence electrons. The fraction of sp³-hybridized carbons (Fsp3) is 0.500. The lowest BCUT2D eigenvalue weighted by Crippen LogP contribution is -2.13. The van der Waals surface area contributed by atoms with E-state index in [1.807, 2.05) is 26.0 Å². The van der Waals surface area contributed by atoms with Crippen LogP contribution >= 0.6 is 11.3 Å². The van der Waals surface area contributed by atoms with E-state index in [1.54, 1.807) is 12.1 Å². The minimum absolute atomic E-state index is 0.305. The van der Waals surface area contributed by atoms with E-state index in [-0.39, 0.29) is 0 Å². The summed E-state index contributed by atoms with van der Waals surface area (Å²) in [7, 11) is -3.58. The van der Waals surface area contributed by atoms with Gasteiger partial charge in [0.2, 0.25) is 0 Å². The summed E-state index contributed by atoms with van der Waals surface area (Å²) >= 11 is 1.36. The van der Waals surface area contributed by atoms with Gasteiger partial charge in [0.1, 0.15) is 0 Å². The number of anilines is 1. The molecule has 2 aromatic rings. The van der Waals surface area contributed by atoms with Crippen LogP contribution in [-0.4, -0.2) is 13.4 Å². The number of sulfonamides is 1. The van der Waals surface area contributed by atoms with Crippen LogP contribution in [0.15, 0.2) is 29.2 Å². The van der Waals surface area contributed by atoms with E-state index >= 15 is 0 Å². The summed E-state index contributed by atoms with van der Waals surface area (Å²) in [4.78, 5) is 5.58. The van der Waals surface area contributed by atoms with Crippen LogP contribution in [0.1, 0.15) is 55.2 Å². The smallest absolute Gasteiger partial charge is 0.255 e. The molecule has 0 spiro atoms. The molecule has 6 heteroatoms. The van der Waals surface area contributed by atoms with Crippen LogP contribution < -0.4 is 4.72 Å². The number of hydrogen-bond donors (Lipinski definition) is 1. The molecule has 0 radical (unpaired) electrons. The number of benzene rings is 1. The topological polar surface area (TPSA) is 59.1 Å². The highest BCUT2D eigenvalue weighted by Crippen LogP contribution is 2.24. The predicted molar refractivity (Wildman–Crippen MR) is 101 cm³/mol. The lowest BCUT2D eigenvalue weighted by atomic mass is 10.1. The van der Waals surface area contributed by atoms with Crippen LogP contribution in [0.3, 0.4) is 0 Å². The molecule has 0 aliphatic carbocycles. The SMILES string of the molecule is CCCCCCCc1cccc(S(=O)(=O)Nc2nc(C)c(C)s2)c1. The number of nitrogens with one attached hydrogen (secondary N) is 1. The second kappa shape index (κ2) is 8.62. The second-order valence-corrected chi connectivity index (χ2v) is 8.96. The number of unbranched alkanes of at least 4 members (excludes halogenated alkanes) is 4. The van der Waals surface area contributed by atoms with Crippen LogP contribution in [0.25, 0.3) is 0 Å². The minimum atomic E-state index is -3.58. The highest BCUT2D eigenvalue weighted by molar-refractivity contribution is 7.93. The van der Waals surface area contributed by atoms with Crippen LogP contribution in [-0.2, 0) is 16.4 Å². The Morgan fingerprint density at radius 2 is 1.88 bits per heavy atom. The van der Waals surface area contributed by atoms with Gasteiger partial charge >= 0.3 is 0 Å². The zero-order valence-electron chi connectivity index (χ0n) is 14.6. The molecule has 0 fully saturated rings.